The molecular formula is C23H27N5O2. The van der Waals surface area contributed by atoms with E-state index in [2.05, 4.69) is 51.0 Å². The van der Waals surface area contributed by atoms with Crippen LogP contribution in [-0.2, 0) is 12.5 Å². The molecule has 0 radical (unpaired) electrons. The first-order chi connectivity index (χ1) is 14.5. The third kappa shape index (κ3) is 2.87. The van der Waals surface area contributed by atoms with Crippen LogP contribution in [0.1, 0.15) is 67.5 Å². The lowest BCUT2D eigenvalue weighted by Gasteiger charge is -2.41. The molecule has 2 heterocycles. The molecule has 0 amide bonds. The fourth-order valence-electron chi connectivity index (χ4n) is 4.94. The normalized spacial score (nSPS) is 19.1. The SMILES string of the molecule is CC(Nc1nc(C(=O)O)nc2nc(C3(c4ccccc4)CCC3)n(C)c12)C1CCC1. The Morgan fingerprint density at radius 3 is 2.47 bits per heavy atom. The number of fused-ring (bicyclic) bond motifs is 1. The summed E-state index contributed by atoms with van der Waals surface area (Å²) in [7, 11) is 2.00. The Kier molecular flexibility index (Phi) is 4.49. The van der Waals surface area contributed by atoms with Crippen molar-refractivity contribution in [1.82, 2.24) is 19.5 Å². The molecule has 1 aromatic carbocycles. The number of aromatic nitrogens is 4. The second-order valence-corrected chi connectivity index (χ2v) is 8.79. The first-order valence-electron chi connectivity index (χ1n) is 10.8. The van der Waals surface area contributed by atoms with E-state index in [0.29, 0.717) is 17.4 Å². The minimum absolute atomic E-state index is 0.156. The highest BCUT2D eigenvalue weighted by Gasteiger charge is 2.44. The minimum atomic E-state index is -1.13. The van der Waals surface area contributed by atoms with Crippen LogP contribution in [0.15, 0.2) is 30.3 Å². The van der Waals surface area contributed by atoms with Crippen molar-refractivity contribution < 1.29 is 9.90 Å². The first kappa shape index (κ1) is 19.0. The molecule has 2 N–H and O–H groups in total. The van der Waals surface area contributed by atoms with Crippen molar-refractivity contribution in [2.24, 2.45) is 13.0 Å². The Balaban J connectivity index is 1.65. The largest absolute Gasteiger partial charge is 0.475 e. The van der Waals surface area contributed by atoms with E-state index in [1.807, 2.05) is 13.1 Å². The molecule has 2 aliphatic rings. The van der Waals surface area contributed by atoms with E-state index in [9.17, 15) is 9.90 Å². The fourth-order valence-corrected chi connectivity index (χ4v) is 4.94. The summed E-state index contributed by atoms with van der Waals surface area (Å²) in [4.78, 5) is 25.2. The van der Waals surface area contributed by atoms with Gasteiger partial charge in [0.1, 0.15) is 11.3 Å². The minimum Gasteiger partial charge on any atom is -0.475 e. The van der Waals surface area contributed by atoms with Gasteiger partial charge in [0, 0.05) is 13.1 Å². The number of rotatable bonds is 6. The fraction of sp³-hybridized carbons (Fsp3) is 0.478. The van der Waals surface area contributed by atoms with Gasteiger partial charge in [0.2, 0.25) is 5.82 Å². The summed E-state index contributed by atoms with van der Waals surface area (Å²) in [5, 5.41) is 13.0. The van der Waals surface area contributed by atoms with E-state index in [4.69, 9.17) is 4.98 Å². The van der Waals surface area contributed by atoms with Gasteiger partial charge >= 0.3 is 5.97 Å². The molecule has 2 aliphatic carbocycles. The smallest absolute Gasteiger partial charge is 0.374 e. The predicted molar refractivity (Wildman–Crippen MR) is 115 cm³/mol. The molecule has 0 spiro atoms. The molecule has 2 saturated carbocycles. The molecule has 3 aromatic rings. The number of hydrogen-bond acceptors (Lipinski definition) is 5. The van der Waals surface area contributed by atoms with Crippen molar-refractivity contribution in [3.05, 3.63) is 47.5 Å². The molecular weight excluding hydrogens is 378 g/mol. The Hall–Kier alpha value is -2.96. The zero-order valence-corrected chi connectivity index (χ0v) is 17.4. The molecule has 1 atom stereocenters. The zero-order chi connectivity index (χ0) is 20.9. The Morgan fingerprint density at radius 2 is 1.90 bits per heavy atom. The van der Waals surface area contributed by atoms with Gasteiger partial charge in [0.15, 0.2) is 11.5 Å². The number of carbonyl (C=O) groups is 1. The third-order valence-corrected chi connectivity index (χ3v) is 7.10. The van der Waals surface area contributed by atoms with Crippen molar-refractivity contribution >= 4 is 23.0 Å². The molecule has 5 rings (SSSR count). The monoisotopic (exact) mass is 405 g/mol. The summed E-state index contributed by atoms with van der Waals surface area (Å²) in [5.74, 6) is 0.757. The number of carboxylic acids is 1. The lowest BCUT2D eigenvalue weighted by Crippen LogP contribution is -2.38. The van der Waals surface area contributed by atoms with Crippen molar-refractivity contribution in [2.75, 3.05) is 5.32 Å². The predicted octanol–water partition coefficient (Wildman–Crippen LogP) is 4.13. The van der Waals surface area contributed by atoms with Gasteiger partial charge in [-0.15, -0.1) is 0 Å². The van der Waals surface area contributed by atoms with E-state index in [-0.39, 0.29) is 17.3 Å². The molecule has 0 saturated heterocycles. The summed E-state index contributed by atoms with van der Waals surface area (Å²) in [5.41, 5.74) is 2.32. The number of aryl methyl sites for hydroxylation is 1. The molecule has 2 aromatic heterocycles. The van der Waals surface area contributed by atoms with Crippen LogP contribution in [0.4, 0.5) is 5.82 Å². The van der Waals surface area contributed by atoms with Gasteiger partial charge < -0.3 is 15.0 Å². The van der Waals surface area contributed by atoms with E-state index < -0.39 is 5.97 Å². The summed E-state index contributed by atoms with van der Waals surface area (Å²) in [6, 6.07) is 10.7. The third-order valence-electron chi connectivity index (χ3n) is 7.10. The van der Waals surface area contributed by atoms with Crippen molar-refractivity contribution in [1.29, 1.82) is 0 Å². The van der Waals surface area contributed by atoms with E-state index in [1.54, 1.807) is 0 Å². The number of carboxylic acid groups (broad SMARTS) is 1. The molecule has 30 heavy (non-hydrogen) atoms. The molecule has 1 unspecified atom stereocenters. The number of hydrogen-bond donors (Lipinski definition) is 2. The molecule has 156 valence electrons. The highest BCUT2D eigenvalue weighted by atomic mass is 16.4. The van der Waals surface area contributed by atoms with Gasteiger partial charge in [-0.3, -0.25) is 0 Å². The van der Waals surface area contributed by atoms with Gasteiger partial charge in [-0.1, -0.05) is 43.2 Å². The number of anilines is 1. The Bertz CT molecular complexity index is 1100. The molecule has 2 fully saturated rings. The van der Waals surface area contributed by atoms with Crippen molar-refractivity contribution in [3.63, 3.8) is 0 Å². The van der Waals surface area contributed by atoms with Crippen LogP contribution in [-0.4, -0.2) is 36.6 Å². The average molecular weight is 406 g/mol. The number of aromatic carboxylic acids is 1. The van der Waals surface area contributed by atoms with Crippen LogP contribution >= 0.6 is 0 Å². The van der Waals surface area contributed by atoms with Crippen LogP contribution in [0.25, 0.3) is 11.2 Å². The van der Waals surface area contributed by atoms with Crippen LogP contribution in [0.5, 0.6) is 0 Å². The second kappa shape index (κ2) is 7.07. The van der Waals surface area contributed by atoms with E-state index in [0.717, 1.165) is 30.6 Å². The second-order valence-electron chi connectivity index (χ2n) is 8.79. The number of imidazole rings is 1. The molecule has 7 nitrogen and oxygen atoms in total. The van der Waals surface area contributed by atoms with Crippen molar-refractivity contribution in [2.45, 2.75) is 56.9 Å². The number of benzene rings is 1. The van der Waals surface area contributed by atoms with E-state index >= 15 is 0 Å². The standard InChI is InChI=1S/C23H27N5O2/c1-14(15-8-6-9-15)24-18-17-19(26-20(25-18)21(29)30)27-22(28(17)2)23(12-7-13-23)16-10-4-3-5-11-16/h3-5,10-11,14-15H,6-9,12-13H2,1-2H3,(H,29,30)(H,24,25,26). The number of nitrogens with zero attached hydrogens (tertiary/aromatic N) is 4. The van der Waals surface area contributed by atoms with Gasteiger partial charge in [-0.05, 0) is 44.1 Å². The Labute approximate surface area is 175 Å². The maximum atomic E-state index is 11.7. The maximum absolute atomic E-state index is 11.7. The Morgan fingerprint density at radius 1 is 1.17 bits per heavy atom. The van der Waals surface area contributed by atoms with E-state index in [1.165, 1.54) is 24.8 Å². The quantitative estimate of drug-likeness (QED) is 0.640. The van der Waals surface area contributed by atoms with Crippen LogP contribution < -0.4 is 5.32 Å². The van der Waals surface area contributed by atoms with Gasteiger partial charge in [0.05, 0.1) is 5.41 Å². The van der Waals surface area contributed by atoms with Crippen molar-refractivity contribution in [3.8, 4) is 0 Å². The molecule has 0 aliphatic heterocycles. The summed E-state index contributed by atoms with van der Waals surface area (Å²) in [6.07, 6.45) is 6.84. The topological polar surface area (TPSA) is 92.9 Å². The number of nitrogens with one attached hydrogen (secondary N) is 1. The lowest BCUT2D eigenvalue weighted by atomic mass is 9.64. The first-order valence-corrected chi connectivity index (χ1v) is 10.8. The highest BCUT2D eigenvalue weighted by molar-refractivity contribution is 5.90. The zero-order valence-electron chi connectivity index (χ0n) is 17.4. The van der Waals surface area contributed by atoms with Gasteiger partial charge in [0.25, 0.3) is 0 Å². The molecule has 0 bridgehead atoms. The summed E-state index contributed by atoms with van der Waals surface area (Å²) in [6.45, 7) is 2.15. The highest BCUT2D eigenvalue weighted by Crippen LogP contribution is 2.49. The van der Waals surface area contributed by atoms with Crippen LogP contribution in [0.2, 0.25) is 0 Å². The average Bonchev–Trinajstić information content (AvgIpc) is 2.97. The molecule has 7 heteroatoms. The lowest BCUT2D eigenvalue weighted by molar-refractivity contribution is 0.0684. The van der Waals surface area contributed by atoms with Gasteiger partial charge in [-0.25, -0.2) is 19.7 Å². The summed E-state index contributed by atoms with van der Waals surface area (Å²) < 4.78 is 2.07. The van der Waals surface area contributed by atoms with Crippen LogP contribution in [0, 0.1) is 5.92 Å². The maximum Gasteiger partial charge on any atom is 0.374 e. The van der Waals surface area contributed by atoms with Crippen LogP contribution in [0.3, 0.4) is 0 Å². The summed E-state index contributed by atoms with van der Waals surface area (Å²) >= 11 is 0. The van der Waals surface area contributed by atoms with Gasteiger partial charge in [-0.2, -0.15) is 0 Å².